The molecule has 82 valence electrons. The maximum Gasteiger partial charge on any atom is 0.124 e. The summed E-state index contributed by atoms with van der Waals surface area (Å²) in [5.74, 6) is 1.04. The van der Waals surface area contributed by atoms with Crippen molar-refractivity contribution >= 4 is 15.9 Å². The number of hydrogen-bond donors (Lipinski definition) is 0. The molecule has 1 saturated carbocycles. The van der Waals surface area contributed by atoms with Crippen molar-refractivity contribution in [2.75, 3.05) is 0 Å². The van der Waals surface area contributed by atoms with E-state index in [9.17, 15) is 0 Å². The van der Waals surface area contributed by atoms with Crippen LogP contribution in [0.5, 0.6) is 5.75 Å². The van der Waals surface area contributed by atoms with E-state index in [2.05, 4.69) is 54.9 Å². The molecule has 1 aliphatic rings. The molecule has 0 atom stereocenters. The van der Waals surface area contributed by atoms with Gasteiger partial charge in [0, 0.05) is 4.47 Å². The first-order valence-corrected chi connectivity index (χ1v) is 6.23. The molecule has 0 aromatic heterocycles. The van der Waals surface area contributed by atoms with Crippen molar-refractivity contribution in [3.8, 4) is 5.75 Å². The van der Waals surface area contributed by atoms with Crippen molar-refractivity contribution in [3.05, 3.63) is 28.2 Å². The van der Waals surface area contributed by atoms with Crippen LogP contribution in [0.3, 0.4) is 0 Å². The fraction of sp³-hybridized carbons (Fsp3) is 0.538. The van der Waals surface area contributed by atoms with E-state index in [-0.39, 0.29) is 5.41 Å². The maximum absolute atomic E-state index is 5.93. The van der Waals surface area contributed by atoms with E-state index in [0.717, 1.165) is 10.2 Å². The molecule has 0 unspecified atom stereocenters. The summed E-state index contributed by atoms with van der Waals surface area (Å²) in [5, 5.41) is 0. The van der Waals surface area contributed by atoms with Gasteiger partial charge in [0.2, 0.25) is 0 Å². The van der Waals surface area contributed by atoms with Gasteiger partial charge in [0.15, 0.2) is 0 Å². The topological polar surface area (TPSA) is 9.23 Å². The predicted octanol–water partition coefficient (Wildman–Crippen LogP) is 4.29. The molecule has 0 heterocycles. The smallest absolute Gasteiger partial charge is 0.124 e. The molecule has 2 rings (SSSR count). The first kappa shape index (κ1) is 11.0. The van der Waals surface area contributed by atoms with Crippen LogP contribution in [0, 0.1) is 0 Å². The average Bonchev–Trinajstić information content (AvgIpc) is 2.85. The highest BCUT2D eigenvalue weighted by Gasteiger charge is 2.27. The van der Waals surface area contributed by atoms with Crippen LogP contribution in [-0.2, 0) is 5.41 Å². The Morgan fingerprint density at radius 3 is 2.47 bits per heavy atom. The van der Waals surface area contributed by atoms with Crippen molar-refractivity contribution in [1.29, 1.82) is 0 Å². The number of halogens is 1. The van der Waals surface area contributed by atoms with E-state index in [0.29, 0.717) is 6.10 Å². The molecule has 1 aromatic rings. The van der Waals surface area contributed by atoms with Crippen LogP contribution < -0.4 is 4.74 Å². The maximum atomic E-state index is 5.93. The molecule has 0 spiro atoms. The summed E-state index contributed by atoms with van der Waals surface area (Å²) in [5.41, 5.74) is 1.43. The fourth-order valence-corrected chi connectivity index (χ4v) is 1.92. The number of rotatable bonds is 2. The van der Waals surface area contributed by atoms with Gasteiger partial charge in [-0.2, -0.15) is 0 Å². The molecule has 0 bridgehead atoms. The van der Waals surface area contributed by atoms with Gasteiger partial charge in [-0.05, 0) is 36.0 Å². The Morgan fingerprint density at radius 1 is 1.27 bits per heavy atom. The second kappa shape index (κ2) is 3.82. The predicted molar refractivity (Wildman–Crippen MR) is 66.5 cm³/mol. The SMILES string of the molecule is CC(C)(C)c1ccc(Br)cc1OC1CC1. The van der Waals surface area contributed by atoms with Gasteiger partial charge in [-0.1, -0.05) is 42.8 Å². The van der Waals surface area contributed by atoms with Crippen LogP contribution in [0.15, 0.2) is 22.7 Å². The van der Waals surface area contributed by atoms with E-state index >= 15 is 0 Å². The summed E-state index contributed by atoms with van der Waals surface area (Å²) in [4.78, 5) is 0. The molecular weight excluding hydrogens is 252 g/mol. The van der Waals surface area contributed by atoms with Crippen molar-refractivity contribution < 1.29 is 4.74 Å². The van der Waals surface area contributed by atoms with Crippen molar-refractivity contribution in [2.24, 2.45) is 0 Å². The van der Waals surface area contributed by atoms with Gasteiger partial charge in [-0.15, -0.1) is 0 Å². The summed E-state index contributed by atoms with van der Waals surface area (Å²) >= 11 is 3.49. The van der Waals surface area contributed by atoms with Crippen LogP contribution in [0.25, 0.3) is 0 Å². The summed E-state index contributed by atoms with van der Waals surface area (Å²) < 4.78 is 7.02. The van der Waals surface area contributed by atoms with Gasteiger partial charge in [0.05, 0.1) is 6.10 Å². The van der Waals surface area contributed by atoms with Crippen LogP contribution in [0.4, 0.5) is 0 Å². The zero-order valence-electron chi connectivity index (χ0n) is 9.51. The molecule has 0 saturated heterocycles. The molecule has 1 nitrogen and oxygen atoms in total. The minimum Gasteiger partial charge on any atom is -0.490 e. The molecule has 1 fully saturated rings. The Balaban J connectivity index is 2.34. The van der Waals surface area contributed by atoms with E-state index in [1.165, 1.54) is 18.4 Å². The first-order valence-electron chi connectivity index (χ1n) is 5.43. The van der Waals surface area contributed by atoms with Gasteiger partial charge >= 0.3 is 0 Å². The van der Waals surface area contributed by atoms with Gasteiger partial charge in [0.25, 0.3) is 0 Å². The van der Waals surface area contributed by atoms with E-state index < -0.39 is 0 Å². The summed E-state index contributed by atoms with van der Waals surface area (Å²) in [6.07, 6.45) is 2.87. The van der Waals surface area contributed by atoms with Gasteiger partial charge < -0.3 is 4.74 Å². The minimum absolute atomic E-state index is 0.144. The Morgan fingerprint density at radius 2 is 1.93 bits per heavy atom. The van der Waals surface area contributed by atoms with E-state index in [4.69, 9.17) is 4.74 Å². The third kappa shape index (κ3) is 2.75. The van der Waals surface area contributed by atoms with Crippen LogP contribution in [0.2, 0.25) is 0 Å². The quantitative estimate of drug-likeness (QED) is 0.778. The first-order chi connectivity index (χ1) is 6.97. The second-order valence-electron chi connectivity index (χ2n) is 5.21. The molecule has 2 heteroatoms. The standard InChI is InChI=1S/C13H17BrO/c1-13(2,3)11-7-4-9(14)8-12(11)15-10-5-6-10/h4,7-8,10H,5-6H2,1-3H3. The van der Waals surface area contributed by atoms with Gasteiger partial charge in [-0.3, -0.25) is 0 Å². The van der Waals surface area contributed by atoms with Crippen LogP contribution in [0.1, 0.15) is 39.2 Å². The molecule has 1 aliphatic carbocycles. The lowest BCUT2D eigenvalue weighted by atomic mass is 9.86. The lowest BCUT2D eigenvalue weighted by Crippen LogP contribution is -2.14. The van der Waals surface area contributed by atoms with Crippen molar-refractivity contribution in [2.45, 2.75) is 45.1 Å². The van der Waals surface area contributed by atoms with E-state index in [1.54, 1.807) is 0 Å². The highest BCUT2D eigenvalue weighted by atomic mass is 79.9. The Hall–Kier alpha value is -0.500. The zero-order valence-corrected chi connectivity index (χ0v) is 11.1. The van der Waals surface area contributed by atoms with Crippen LogP contribution in [-0.4, -0.2) is 6.10 Å². The molecule has 0 amide bonds. The van der Waals surface area contributed by atoms with Gasteiger partial charge in [-0.25, -0.2) is 0 Å². The zero-order chi connectivity index (χ0) is 11.1. The molecule has 0 N–H and O–H groups in total. The lowest BCUT2D eigenvalue weighted by Gasteiger charge is -2.23. The van der Waals surface area contributed by atoms with Crippen molar-refractivity contribution in [3.63, 3.8) is 0 Å². The average molecular weight is 269 g/mol. The molecule has 0 aliphatic heterocycles. The highest BCUT2D eigenvalue weighted by molar-refractivity contribution is 9.10. The van der Waals surface area contributed by atoms with Gasteiger partial charge in [0.1, 0.15) is 5.75 Å². The number of ether oxygens (including phenoxy) is 1. The third-order valence-corrected chi connectivity index (χ3v) is 3.06. The van der Waals surface area contributed by atoms with E-state index in [1.807, 2.05) is 0 Å². The Bertz CT molecular complexity index is 361. The minimum atomic E-state index is 0.144. The Kier molecular flexibility index (Phi) is 2.80. The monoisotopic (exact) mass is 268 g/mol. The van der Waals surface area contributed by atoms with Crippen molar-refractivity contribution in [1.82, 2.24) is 0 Å². The second-order valence-corrected chi connectivity index (χ2v) is 6.12. The Labute approximate surface area is 100.0 Å². The van der Waals surface area contributed by atoms with Crippen LogP contribution >= 0.6 is 15.9 Å². The normalized spacial score (nSPS) is 16.5. The molecular formula is C13H17BrO. The molecule has 15 heavy (non-hydrogen) atoms. The molecule has 0 radical (unpaired) electrons. The number of hydrogen-bond acceptors (Lipinski definition) is 1. The lowest BCUT2D eigenvalue weighted by molar-refractivity contribution is 0.294. The fourth-order valence-electron chi connectivity index (χ4n) is 1.58. The highest BCUT2D eigenvalue weighted by Crippen LogP contribution is 2.36. The summed E-state index contributed by atoms with van der Waals surface area (Å²) in [6, 6.07) is 6.32. The summed E-state index contributed by atoms with van der Waals surface area (Å²) in [6.45, 7) is 6.65. The largest absolute Gasteiger partial charge is 0.490 e. The number of benzene rings is 1. The third-order valence-electron chi connectivity index (χ3n) is 2.57. The summed E-state index contributed by atoms with van der Waals surface area (Å²) in [7, 11) is 0. The molecule has 1 aromatic carbocycles.